The third-order valence-electron chi connectivity index (χ3n) is 10.0. The van der Waals surface area contributed by atoms with E-state index in [2.05, 4.69) is 19.0 Å². The van der Waals surface area contributed by atoms with Crippen LogP contribution < -0.4 is 4.84 Å². The van der Waals surface area contributed by atoms with Crippen molar-refractivity contribution in [3.05, 3.63) is 34.4 Å². The van der Waals surface area contributed by atoms with Crippen molar-refractivity contribution in [3.63, 3.8) is 0 Å². The summed E-state index contributed by atoms with van der Waals surface area (Å²) in [5.41, 5.74) is 1.62. The fraction of sp³-hybridized carbons (Fsp3) is 0.704. The maximum atomic E-state index is 11.7. The second kappa shape index (κ2) is 8.65. The van der Waals surface area contributed by atoms with E-state index in [9.17, 15) is 14.9 Å². The lowest BCUT2D eigenvalue weighted by Gasteiger charge is -2.60. The lowest BCUT2D eigenvalue weighted by atomic mass is 9.45. The molecule has 34 heavy (non-hydrogen) atoms. The number of carbonyl (C=O) groups excluding carboxylic acids is 1. The number of hydrogen-bond donors (Lipinski definition) is 0. The minimum atomic E-state index is -0.413. The van der Waals surface area contributed by atoms with Gasteiger partial charge >= 0.3 is 5.97 Å². The quantitative estimate of drug-likeness (QED) is 0.294. The van der Waals surface area contributed by atoms with Crippen LogP contribution in [0.2, 0.25) is 0 Å². The first kappa shape index (κ1) is 23.3. The van der Waals surface area contributed by atoms with E-state index in [1.165, 1.54) is 37.8 Å². The Morgan fingerprint density at radius 1 is 1.03 bits per heavy atom. The van der Waals surface area contributed by atoms with Gasteiger partial charge in [0.1, 0.15) is 6.10 Å². The van der Waals surface area contributed by atoms with E-state index in [0.29, 0.717) is 23.0 Å². The van der Waals surface area contributed by atoms with Gasteiger partial charge in [-0.05, 0) is 99.0 Å². The van der Waals surface area contributed by atoms with Gasteiger partial charge in [0.2, 0.25) is 0 Å². The molecule has 7 nitrogen and oxygen atoms in total. The molecule has 4 aliphatic rings. The van der Waals surface area contributed by atoms with E-state index in [-0.39, 0.29) is 23.2 Å². The molecule has 184 valence electrons. The SMILES string of the molecule is CC(=O)O[C@H]1CC[C@H]2[C@@H]3CC[C@H]4C/C(=N/Oc5ccc([N+](=O)[O-])cc5)CC[C@]4(C)[C@H]3CC[C@]12C. The molecule has 5 rings (SSSR count). The van der Waals surface area contributed by atoms with Crippen LogP contribution in [0.15, 0.2) is 29.4 Å². The molecule has 0 aromatic heterocycles. The van der Waals surface area contributed by atoms with Crippen molar-refractivity contribution < 1.29 is 19.3 Å². The van der Waals surface area contributed by atoms with E-state index >= 15 is 0 Å². The fourth-order valence-electron chi connectivity index (χ4n) is 8.23. The average Bonchev–Trinajstić information content (AvgIpc) is 3.13. The van der Waals surface area contributed by atoms with E-state index in [1.807, 2.05) is 0 Å². The summed E-state index contributed by atoms with van der Waals surface area (Å²) in [4.78, 5) is 27.7. The summed E-state index contributed by atoms with van der Waals surface area (Å²) < 4.78 is 5.79. The summed E-state index contributed by atoms with van der Waals surface area (Å²) in [6.07, 6.45) is 10.2. The van der Waals surface area contributed by atoms with E-state index in [1.54, 1.807) is 19.1 Å². The van der Waals surface area contributed by atoms with Crippen LogP contribution in [0.5, 0.6) is 5.75 Å². The molecule has 4 aliphatic carbocycles. The van der Waals surface area contributed by atoms with Crippen molar-refractivity contribution in [2.45, 2.75) is 84.7 Å². The number of rotatable bonds is 4. The third-order valence-corrected chi connectivity index (χ3v) is 10.0. The maximum Gasteiger partial charge on any atom is 0.302 e. The molecule has 1 aromatic carbocycles. The molecule has 1 aromatic rings. The van der Waals surface area contributed by atoms with Crippen LogP contribution in [-0.4, -0.2) is 22.7 Å². The van der Waals surface area contributed by atoms with Crippen LogP contribution in [0.25, 0.3) is 0 Å². The third kappa shape index (κ3) is 3.91. The minimum absolute atomic E-state index is 0.0511. The first-order valence-corrected chi connectivity index (χ1v) is 12.8. The maximum absolute atomic E-state index is 11.7. The van der Waals surface area contributed by atoms with Crippen LogP contribution in [0.4, 0.5) is 5.69 Å². The first-order valence-electron chi connectivity index (χ1n) is 12.8. The highest BCUT2D eigenvalue weighted by atomic mass is 16.6. The monoisotopic (exact) mass is 468 g/mol. The number of oxime groups is 1. The molecule has 0 radical (unpaired) electrons. The van der Waals surface area contributed by atoms with Crippen LogP contribution >= 0.6 is 0 Å². The molecule has 0 spiro atoms. The van der Waals surface area contributed by atoms with Gasteiger partial charge in [-0.1, -0.05) is 19.0 Å². The number of fused-ring (bicyclic) bond motifs is 5. The summed E-state index contributed by atoms with van der Waals surface area (Å²) in [5, 5.41) is 15.3. The van der Waals surface area contributed by atoms with Gasteiger partial charge in [0.25, 0.3) is 5.69 Å². The number of carbonyl (C=O) groups is 1. The number of benzene rings is 1. The van der Waals surface area contributed by atoms with Crippen molar-refractivity contribution in [1.29, 1.82) is 0 Å². The van der Waals surface area contributed by atoms with Gasteiger partial charge in [-0.15, -0.1) is 0 Å². The number of esters is 1. The van der Waals surface area contributed by atoms with E-state index in [4.69, 9.17) is 9.57 Å². The van der Waals surface area contributed by atoms with Gasteiger partial charge in [0.05, 0.1) is 10.6 Å². The first-order chi connectivity index (χ1) is 16.2. The zero-order valence-corrected chi connectivity index (χ0v) is 20.5. The summed E-state index contributed by atoms with van der Waals surface area (Å²) in [5.74, 6) is 3.14. The zero-order chi connectivity index (χ0) is 24.1. The minimum Gasteiger partial charge on any atom is -0.462 e. The molecule has 0 saturated heterocycles. The van der Waals surface area contributed by atoms with Crippen LogP contribution in [0.3, 0.4) is 0 Å². The Morgan fingerprint density at radius 2 is 1.76 bits per heavy atom. The molecule has 0 heterocycles. The Morgan fingerprint density at radius 3 is 2.47 bits per heavy atom. The average molecular weight is 469 g/mol. The molecule has 4 fully saturated rings. The molecule has 0 unspecified atom stereocenters. The highest BCUT2D eigenvalue weighted by Crippen LogP contribution is 2.66. The number of hydrogen-bond acceptors (Lipinski definition) is 6. The molecule has 4 saturated carbocycles. The molecular weight excluding hydrogens is 432 g/mol. The van der Waals surface area contributed by atoms with Gasteiger partial charge in [0, 0.05) is 24.5 Å². The van der Waals surface area contributed by atoms with Gasteiger partial charge in [0.15, 0.2) is 5.75 Å². The molecule has 7 heteroatoms. The number of nitro benzene ring substituents is 1. The Hall–Kier alpha value is -2.44. The van der Waals surface area contributed by atoms with E-state index in [0.717, 1.165) is 49.7 Å². The Kier molecular flexibility index (Phi) is 5.93. The topological polar surface area (TPSA) is 91.0 Å². The highest BCUT2D eigenvalue weighted by molar-refractivity contribution is 5.85. The van der Waals surface area contributed by atoms with Crippen molar-refractivity contribution in [2.24, 2.45) is 39.7 Å². The summed E-state index contributed by atoms with van der Waals surface area (Å²) >= 11 is 0. The van der Waals surface area contributed by atoms with E-state index < -0.39 is 4.92 Å². The zero-order valence-electron chi connectivity index (χ0n) is 20.5. The summed E-state index contributed by atoms with van der Waals surface area (Å²) in [6, 6.07) is 6.09. The predicted molar refractivity (Wildman–Crippen MR) is 128 cm³/mol. The van der Waals surface area contributed by atoms with Crippen molar-refractivity contribution in [1.82, 2.24) is 0 Å². The van der Waals surface area contributed by atoms with Crippen molar-refractivity contribution in [3.8, 4) is 5.75 Å². The van der Waals surface area contributed by atoms with Crippen LogP contribution in [-0.2, 0) is 9.53 Å². The second-order valence-electron chi connectivity index (χ2n) is 11.6. The van der Waals surface area contributed by atoms with Crippen LogP contribution in [0.1, 0.15) is 78.6 Å². The van der Waals surface area contributed by atoms with Gasteiger partial charge in [-0.3, -0.25) is 14.9 Å². The lowest BCUT2D eigenvalue weighted by Crippen LogP contribution is -2.54. The predicted octanol–water partition coefficient (Wildman–Crippen LogP) is 6.30. The number of non-ortho nitro benzene ring substituents is 1. The Labute approximate surface area is 201 Å². The molecule has 0 bridgehead atoms. The summed E-state index contributed by atoms with van der Waals surface area (Å²) in [6.45, 7) is 6.44. The number of nitro groups is 1. The van der Waals surface area contributed by atoms with Crippen molar-refractivity contribution in [2.75, 3.05) is 0 Å². The Balaban J connectivity index is 1.26. The lowest BCUT2D eigenvalue weighted by molar-refractivity contribution is -0.384. The highest BCUT2D eigenvalue weighted by Gasteiger charge is 2.60. The largest absolute Gasteiger partial charge is 0.462 e. The van der Waals surface area contributed by atoms with Crippen LogP contribution in [0, 0.1) is 44.6 Å². The van der Waals surface area contributed by atoms with Gasteiger partial charge < -0.3 is 9.57 Å². The fourth-order valence-corrected chi connectivity index (χ4v) is 8.23. The van der Waals surface area contributed by atoms with Gasteiger partial charge in [-0.25, -0.2) is 0 Å². The number of nitrogens with zero attached hydrogens (tertiary/aromatic N) is 2. The number of ether oxygens (including phenoxy) is 1. The second-order valence-corrected chi connectivity index (χ2v) is 11.6. The molecule has 0 N–H and O–H groups in total. The standard InChI is InChI=1S/C27H36N2O5/c1-17(30)33-25-11-10-23-22-9-4-18-16-19(28-34-21-7-5-20(6-8-21)29(31)32)12-14-26(18,2)24(22)13-15-27(23,25)3/h5-8,18,22-25H,4,9-16H2,1-3H3/b28-19+/t18-,22-,23-,24-,25-,26-,27-/m0/s1. The van der Waals surface area contributed by atoms with Gasteiger partial charge in [-0.2, -0.15) is 0 Å². The molecular formula is C27H36N2O5. The molecule has 0 aliphatic heterocycles. The Bertz CT molecular complexity index is 991. The van der Waals surface area contributed by atoms with Crippen molar-refractivity contribution >= 4 is 17.4 Å². The summed E-state index contributed by atoms with van der Waals surface area (Å²) in [7, 11) is 0. The molecule has 7 atom stereocenters. The smallest absolute Gasteiger partial charge is 0.302 e. The molecule has 0 amide bonds. The normalized spacial score (nSPS) is 40.1.